The summed E-state index contributed by atoms with van der Waals surface area (Å²) in [5.41, 5.74) is 3.80. The lowest BCUT2D eigenvalue weighted by Crippen LogP contribution is -2.39. The van der Waals surface area contributed by atoms with Gasteiger partial charge in [0.15, 0.2) is 0 Å². The van der Waals surface area contributed by atoms with E-state index in [1.54, 1.807) is 18.2 Å². The van der Waals surface area contributed by atoms with Crippen LogP contribution in [0.5, 0.6) is 17.2 Å². The Morgan fingerprint density at radius 1 is 0.615 bits per heavy atom. The van der Waals surface area contributed by atoms with Gasteiger partial charge in [-0.1, -0.05) is 97.1 Å². The number of carbonyl (C=O) groups is 2. The summed E-state index contributed by atoms with van der Waals surface area (Å²) in [5, 5.41) is 14.2. The van der Waals surface area contributed by atoms with Gasteiger partial charge < -0.3 is 19.9 Å². The molecule has 0 radical (unpaired) electrons. The van der Waals surface area contributed by atoms with E-state index in [1.165, 1.54) is 17.2 Å². The average Bonchev–Trinajstić information content (AvgIpc) is 3.16. The van der Waals surface area contributed by atoms with Crippen molar-refractivity contribution >= 4 is 28.3 Å². The molecule has 6 aromatic rings. The molecule has 7 nitrogen and oxygen atoms in total. The highest BCUT2D eigenvalue weighted by Gasteiger charge is 2.27. The van der Waals surface area contributed by atoms with Crippen LogP contribution in [0.1, 0.15) is 52.7 Å². The molecule has 0 bridgehead atoms. The van der Waals surface area contributed by atoms with Gasteiger partial charge in [-0.2, -0.15) is 0 Å². The summed E-state index contributed by atoms with van der Waals surface area (Å²) < 4.78 is 12.7. The maximum absolute atomic E-state index is 12.6. The minimum atomic E-state index is -1.09. The molecule has 0 aromatic heterocycles. The van der Waals surface area contributed by atoms with E-state index >= 15 is 0 Å². The standard InChI is InChI=1S/C45H42N2O5/c48-44(46-43-14-8-7-13-42(43)45(49)50)27-32-15-21-38(22-16-32)51-40-23-17-35-18-24-41(29-36(35)28-40)52-39-25-19-37(20-26-39)47(30-33-9-3-1-4-10-33)31-34-11-5-2-6-12-34/h1-18,21-24,28-29,37,39H,19-20,25-27,30-31H2,(H,46,48)(H,49,50). The molecule has 0 heterocycles. The zero-order valence-corrected chi connectivity index (χ0v) is 29.0. The van der Waals surface area contributed by atoms with Gasteiger partial charge in [0.25, 0.3) is 0 Å². The van der Waals surface area contributed by atoms with Gasteiger partial charge in [0.2, 0.25) is 5.91 Å². The van der Waals surface area contributed by atoms with Gasteiger partial charge in [-0.05, 0) is 102 Å². The Morgan fingerprint density at radius 2 is 1.19 bits per heavy atom. The second kappa shape index (κ2) is 16.4. The van der Waals surface area contributed by atoms with Crippen molar-refractivity contribution in [1.82, 2.24) is 4.90 Å². The van der Waals surface area contributed by atoms with Crippen LogP contribution in [-0.2, 0) is 24.3 Å². The van der Waals surface area contributed by atoms with Gasteiger partial charge in [-0.15, -0.1) is 0 Å². The highest BCUT2D eigenvalue weighted by Crippen LogP contribution is 2.32. The number of hydrogen-bond acceptors (Lipinski definition) is 5. The maximum Gasteiger partial charge on any atom is 0.337 e. The summed E-state index contributed by atoms with van der Waals surface area (Å²) in [6, 6.07) is 48.0. The van der Waals surface area contributed by atoms with Gasteiger partial charge in [-0.25, -0.2) is 4.79 Å². The number of carboxylic acids is 1. The number of fused-ring (bicyclic) bond motifs is 1. The molecular weight excluding hydrogens is 649 g/mol. The molecule has 7 heteroatoms. The van der Waals surface area contributed by atoms with Gasteiger partial charge in [0.1, 0.15) is 17.2 Å². The molecule has 0 atom stereocenters. The van der Waals surface area contributed by atoms with Crippen LogP contribution in [0.25, 0.3) is 10.8 Å². The van der Waals surface area contributed by atoms with Crippen molar-refractivity contribution < 1.29 is 24.2 Å². The third kappa shape index (κ3) is 9.05. The third-order valence-electron chi connectivity index (χ3n) is 9.66. The number of nitrogens with one attached hydrogen (secondary N) is 1. The SMILES string of the molecule is O=C(Cc1ccc(Oc2ccc3ccc(OC4CCC(N(Cc5ccccc5)Cc5ccccc5)CC4)cc3c2)cc1)Nc1ccccc1C(=O)O. The van der Waals surface area contributed by atoms with E-state index in [-0.39, 0.29) is 29.7 Å². The van der Waals surface area contributed by atoms with E-state index in [0.717, 1.165) is 60.9 Å². The lowest BCUT2D eigenvalue weighted by atomic mass is 9.91. The number of carbonyl (C=O) groups excluding carboxylic acids is 1. The number of benzene rings is 6. The minimum Gasteiger partial charge on any atom is -0.490 e. The van der Waals surface area contributed by atoms with Crippen molar-refractivity contribution in [3.8, 4) is 17.2 Å². The molecule has 6 aromatic carbocycles. The van der Waals surface area contributed by atoms with Crippen LogP contribution in [0.4, 0.5) is 5.69 Å². The third-order valence-corrected chi connectivity index (χ3v) is 9.66. The van der Waals surface area contributed by atoms with E-state index < -0.39 is 5.97 Å². The number of para-hydroxylation sites is 1. The molecule has 7 rings (SSSR count). The van der Waals surface area contributed by atoms with E-state index in [2.05, 4.69) is 89.1 Å². The van der Waals surface area contributed by atoms with Gasteiger partial charge in [0.05, 0.1) is 23.8 Å². The number of anilines is 1. The fourth-order valence-corrected chi connectivity index (χ4v) is 6.98. The van der Waals surface area contributed by atoms with E-state index in [1.807, 2.05) is 42.5 Å². The summed E-state index contributed by atoms with van der Waals surface area (Å²) in [7, 11) is 0. The molecule has 52 heavy (non-hydrogen) atoms. The minimum absolute atomic E-state index is 0.0529. The molecule has 1 aliphatic carbocycles. The molecule has 0 aliphatic heterocycles. The van der Waals surface area contributed by atoms with Gasteiger partial charge >= 0.3 is 5.97 Å². The Labute approximate surface area is 304 Å². The maximum atomic E-state index is 12.6. The van der Waals surface area contributed by atoms with E-state index in [4.69, 9.17) is 9.47 Å². The summed E-state index contributed by atoms with van der Waals surface area (Å²) in [5.74, 6) is 0.840. The average molecular weight is 691 g/mol. The fraction of sp³-hybridized carbons (Fsp3) is 0.200. The highest BCUT2D eigenvalue weighted by atomic mass is 16.5. The zero-order valence-electron chi connectivity index (χ0n) is 29.0. The first kappa shape index (κ1) is 34.5. The largest absolute Gasteiger partial charge is 0.490 e. The molecule has 2 N–H and O–H groups in total. The number of aromatic carboxylic acids is 1. The topological polar surface area (TPSA) is 88.1 Å². The Bertz CT molecular complexity index is 2070. The number of carboxylic acid groups (broad SMARTS) is 1. The number of ether oxygens (including phenoxy) is 2. The van der Waals surface area contributed by atoms with E-state index in [9.17, 15) is 14.7 Å². The summed E-state index contributed by atoms with van der Waals surface area (Å²) in [6.07, 6.45) is 4.50. The van der Waals surface area contributed by atoms with Crippen LogP contribution in [0, 0.1) is 0 Å². The Balaban J connectivity index is 0.942. The van der Waals surface area contributed by atoms with Crippen LogP contribution in [0.2, 0.25) is 0 Å². The molecule has 0 saturated heterocycles. The molecular formula is C45H42N2O5. The van der Waals surface area contributed by atoms with Crippen molar-refractivity contribution in [2.45, 2.75) is 57.3 Å². The van der Waals surface area contributed by atoms with Gasteiger partial charge in [-0.3, -0.25) is 9.69 Å². The number of rotatable bonds is 13. The lowest BCUT2D eigenvalue weighted by molar-refractivity contribution is -0.115. The van der Waals surface area contributed by atoms with Crippen LogP contribution in [-0.4, -0.2) is 34.0 Å². The second-order valence-corrected chi connectivity index (χ2v) is 13.4. The molecule has 1 saturated carbocycles. The van der Waals surface area contributed by atoms with Crippen LogP contribution >= 0.6 is 0 Å². The molecule has 262 valence electrons. The first-order valence-corrected chi connectivity index (χ1v) is 17.9. The first-order chi connectivity index (χ1) is 25.4. The molecule has 1 amide bonds. The normalized spacial score (nSPS) is 15.6. The zero-order chi connectivity index (χ0) is 35.7. The quantitative estimate of drug-likeness (QED) is 0.125. The van der Waals surface area contributed by atoms with Crippen molar-refractivity contribution in [2.75, 3.05) is 5.32 Å². The monoisotopic (exact) mass is 690 g/mol. The predicted molar refractivity (Wildman–Crippen MR) is 205 cm³/mol. The van der Waals surface area contributed by atoms with Crippen molar-refractivity contribution in [1.29, 1.82) is 0 Å². The number of hydrogen-bond donors (Lipinski definition) is 2. The second-order valence-electron chi connectivity index (χ2n) is 13.4. The molecule has 1 fully saturated rings. The highest BCUT2D eigenvalue weighted by molar-refractivity contribution is 6.01. The Kier molecular flexibility index (Phi) is 10.9. The molecule has 1 aliphatic rings. The van der Waals surface area contributed by atoms with Crippen molar-refractivity contribution in [3.05, 3.63) is 168 Å². The summed E-state index contributed by atoms with van der Waals surface area (Å²) in [6.45, 7) is 1.88. The lowest BCUT2D eigenvalue weighted by Gasteiger charge is -2.37. The first-order valence-electron chi connectivity index (χ1n) is 17.9. The van der Waals surface area contributed by atoms with Crippen LogP contribution in [0.15, 0.2) is 146 Å². The van der Waals surface area contributed by atoms with Crippen molar-refractivity contribution in [2.24, 2.45) is 0 Å². The van der Waals surface area contributed by atoms with Crippen LogP contribution in [0.3, 0.4) is 0 Å². The van der Waals surface area contributed by atoms with Gasteiger partial charge in [0, 0.05) is 19.1 Å². The Morgan fingerprint density at radius 3 is 1.85 bits per heavy atom. The van der Waals surface area contributed by atoms with Crippen LogP contribution < -0.4 is 14.8 Å². The summed E-state index contributed by atoms with van der Waals surface area (Å²) in [4.78, 5) is 26.7. The fourth-order valence-electron chi connectivity index (χ4n) is 6.98. The van der Waals surface area contributed by atoms with Crippen molar-refractivity contribution in [3.63, 3.8) is 0 Å². The summed E-state index contributed by atoms with van der Waals surface area (Å²) >= 11 is 0. The van der Waals surface area contributed by atoms with E-state index in [0.29, 0.717) is 17.5 Å². The predicted octanol–water partition coefficient (Wildman–Crippen LogP) is 9.90. The smallest absolute Gasteiger partial charge is 0.337 e. The molecule has 0 spiro atoms. The molecule has 0 unspecified atom stereocenters. The number of amides is 1. The Hall–Kier alpha value is -5.92. The number of nitrogens with zero attached hydrogens (tertiary/aromatic N) is 1.